The number of carbonyl (C=O) groups is 1. The van der Waals surface area contributed by atoms with Gasteiger partial charge in [0.05, 0.1) is 0 Å². The number of aromatic nitrogens is 3. The van der Waals surface area contributed by atoms with Crippen LogP contribution in [0.15, 0.2) is 42.5 Å². The van der Waals surface area contributed by atoms with E-state index in [1.54, 1.807) is 0 Å². The molecular formula is C21H23N5OS. The van der Waals surface area contributed by atoms with Gasteiger partial charge in [-0.2, -0.15) is 0 Å². The van der Waals surface area contributed by atoms with E-state index in [4.69, 9.17) is 0 Å². The monoisotopic (exact) mass is 393 g/mol. The van der Waals surface area contributed by atoms with Crippen molar-refractivity contribution in [1.82, 2.24) is 19.7 Å². The van der Waals surface area contributed by atoms with Gasteiger partial charge in [0.25, 0.3) is 5.91 Å². The summed E-state index contributed by atoms with van der Waals surface area (Å²) < 4.78 is 2.03. The van der Waals surface area contributed by atoms with Crippen molar-refractivity contribution in [2.24, 2.45) is 11.8 Å². The number of amides is 1. The predicted molar refractivity (Wildman–Crippen MR) is 109 cm³/mol. The van der Waals surface area contributed by atoms with Crippen molar-refractivity contribution in [2.75, 3.05) is 18.4 Å². The van der Waals surface area contributed by atoms with Crippen LogP contribution in [0.2, 0.25) is 0 Å². The maximum absolute atomic E-state index is 12.7. The molecular weight excluding hydrogens is 370 g/mol. The minimum absolute atomic E-state index is 0.188. The van der Waals surface area contributed by atoms with Crippen LogP contribution in [0.4, 0.5) is 5.69 Å². The van der Waals surface area contributed by atoms with Gasteiger partial charge < -0.3 is 9.88 Å². The summed E-state index contributed by atoms with van der Waals surface area (Å²) in [6.07, 6.45) is 0.899. The van der Waals surface area contributed by atoms with Crippen LogP contribution in [-0.4, -0.2) is 38.7 Å². The number of thiophene rings is 1. The van der Waals surface area contributed by atoms with Gasteiger partial charge in [-0.1, -0.05) is 18.2 Å². The summed E-state index contributed by atoms with van der Waals surface area (Å²) in [5, 5.41) is 11.5. The SMILES string of the molecule is Cc1ccc(CN2CC3Cc4nnc(C(=O)Nc5ccccc5)n4CC3C2)s1. The molecule has 6 nitrogen and oxygen atoms in total. The summed E-state index contributed by atoms with van der Waals surface area (Å²) in [6.45, 7) is 6.17. The number of likely N-dealkylation sites (tertiary alicyclic amines) is 1. The highest BCUT2D eigenvalue weighted by atomic mass is 32.1. The van der Waals surface area contributed by atoms with E-state index in [0.29, 0.717) is 17.7 Å². The third-order valence-corrected chi connectivity index (χ3v) is 6.74. The molecule has 2 aliphatic rings. The van der Waals surface area contributed by atoms with Crippen molar-refractivity contribution >= 4 is 22.9 Å². The van der Waals surface area contributed by atoms with E-state index >= 15 is 0 Å². The van der Waals surface area contributed by atoms with Crippen LogP contribution in [-0.2, 0) is 19.5 Å². The summed E-state index contributed by atoms with van der Waals surface area (Å²) in [4.78, 5) is 18.0. The molecule has 3 aromatic rings. The number of anilines is 1. The van der Waals surface area contributed by atoms with Crippen molar-refractivity contribution in [3.8, 4) is 0 Å². The molecule has 1 amide bonds. The number of hydrogen-bond donors (Lipinski definition) is 1. The molecule has 0 spiro atoms. The zero-order valence-corrected chi connectivity index (χ0v) is 16.7. The molecule has 2 aromatic heterocycles. The Morgan fingerprint density at radius 2 is 1.93 bits per heavy atom. The molecule has 144 valence electrons. The van der Waals surface area contributed by atoms with Crippen LogP contribution in [0, 0.1) is 18.8 Å². The van der Waals surface area contributed by atoms with Crippen molar-refractivity contribution in [3.05, 3.63) is 63.9 Å². The Morgan fingerprint density at radius 1 is 1.11 bits per heavy atom. The van der Waals surface area contributed by atoms with Gasteiger partial charge in [-0.3, -0.25) is 9.69 Å². The van der Waals surface area contributed by atoms with Crippen LogP contribution in [0.1, 0.15) is 26.2 Å². The van der Waals surface area contributed by atoms with Crippen LogP contribution in [0.5, 0.6) is 0 Å². The van der Waals surface area contributed by atoms with Gasteiger partial charge in [-0.25, -0.2) is 0 Å². The standard InChI is InChI=1S/C21H23N5OS/c1-14-7-8-18(28-14)13-25-10-15-9-19-23-24-20(26(19)12-16(15)11-25)21(27)22-17-5-3-2-4-6-17/h2-8,15-16H,9-13H2,1H3,(H,22,27). The molecule has 0 radical (unpaired) electrons. The molecule has 5 rings (SSSR count). The largest absolute Gasteiger partial charge is 0.319 e. The number of nitrogens with one attached hydrogen (secondary N) is 1. The van der Waals surface area contributed by atoms with Crippen molar-refractivity contribution in [3.63, 3.8) is 0 Å². The third-order valence-electron chi connectivity index (χ3n) is 5.75. The molecule has 1 N–H and O–H groups in total. The molecule has 0 aliphatic carbocycles. The number of rotatable bonds is 4. The first-order valence-corrected chi connectivity index (χ1v) is 10.5. The van der Waals surface area contributed by atoms with E-state index in [-0.39, 0.29) is 5.91 Å². The molecule has 2 atom stereocenters. The molecule has 2 unspecified atom stereocenters. The van der Waals surface area contributed by atoms with Crippen LogP contribution in [0.3, 0.4) is 0 Å². The van der Waals surface area contributed by atoms with Crippen molar-refractivity contribution in [1.29, 1.82) is 0 Å². The van der Waals surface area contributed by atoms with Crippen LogP contribution >= 0.6 is 11.3 Å². The fourth-order valence-corrected chi connectivity index (χ4v) is 5.35. The second-order valence-electron chi connectivity index (χ2n) is 7.80. The first-order valence-electron chi connectivity index (χ1n) is 9.72. The molecule has 28 heavy (non-hydrogen) atoms. The lowest BCUT2D eigenvalue weighted by Gasteiger charge is -2.25. The van der Waals surface area contributed by atoms with E-state index in [1.165, 1.54) is 9.75 Å². The fraction of sp³-hybridized carbons (Fsp3) is 0.381. The topological polar surface area (TPSA) is 63.1 Å². The first-order chi connectivity index (χ1) is 13.7. The Labute approximate surface area is 168 Å². The highest BCUT2D eigenvalue weighted by molar-refractivity contribution is 7.11. The van der Waals surface area contributed by atoms with Gasteiger partial charge in [0.2, 0.25) is 5.82 Å². The van der Waals surface area contributed by atoms with E-state index in [2.05, 4.69) is 39.5 Å². The Balaban J connectivity index is 1.28. The van der Waals surface area contributed by atoms with E-state index in [0.717, 1.165) is 44.1 Å². The highest BCUT2D eigenvalue weighted by Gasteiger charge is 2.39. The second-order valence-corrected chi connectivity index (χ2v) is 9.17. The van der Waals surface area contributed by atoms with Gasteiger partial charge >= 0.3 is 0 Å². The molecule has 0 bridgehead atoms. The Kier molecular flexibility index (Phi) is 4.49. The molecule has 4 heterocycles. The normalized spacial score (nSPS) is 21.3. The summed E-state index contributed by atoms with van der Waals surface area (Å²) in [5.41, 5.74) is 0.775. The Morgan fingerprint density at radius 3 is 2.71 bits per heavy atom. The number of para-hydroxylation sites is 1. The number of fused-ring (bicyclic) bond motifs is 2. The Hall–Kier alpha value is -2.51. The smallest absolute Gasteiger partial charge is 0.293 e. The van der Waals surface area contributed by atoms with Gasteiger partial charge in [0.15, 0.2) is 0 Å². The predicted octanol–water partition coefficient (Wildman–Crippen LogP) is 3.20. The number of benzene rings is 1. The fourth-order valence-electron chi connectivity index (χ4n) is 4.42. The Bertz CT molecular complexity index is 995. The zero-order chi connectivity index (χ0) is 19.1. The summed E-state index contributed by atoms with van der Waals surface area (Å²) in [7, 11) is 0. The van der Waals surface area contributed by atoms with Crippen LogP contribution in [0.25, 0.3) is 0 Å². The molecule has 1 saturated heterocycles. The lowest BCUT2D eigenvalue weighted by atomic mass is 9.89. The van der Waals surface area contributed by atoms with E-state index < -0.39 is 0 Å². The summed E-state index contributed by atoms with van der Waals surface area (Å²) in [5.74, 6) is 2.32. The second kappa shape index (κ2) is 7.14. The quantitative estimate of drug-likeness (QED) is 0.739. The lowest BCUT2D eigenvalue weighted by molar-refractivity contribution is 0.100. The minimum Gasteiger partial charge on any atom is -0.319 e. The molecule has 2 aliphatic heterocycles. The van der Waals surface area contributed by atoms with Gasteiger partial charge in [-0.05, 0) is 43.0 Å². The zero-order valence-electron chi connectivity index (χ0n) is 15.8. The molecule has 1 fully saturated rings. The van der Waals surface area contributed by atoms with Crippen molar-refractivity contribution < 1.29 is 4.79 Å². The molecule has 1 aromatic carbocycles. The summed E-state index contributed by atoms with van der Waals surface area (Å²) >= 11 is 1.88. The van der Waals surface area contributed by atoms with E-state index in [9.17, 15) is 4.79 Å². The number of aryl methyl sites for hydroxylation is 1. The first kappa shape index (κ1) is 17.6. The maximum Gasteiger partial charge on any atom is 0.293 e. The average Bonchev–Trinajstić information content (AvgIpc) is 3.38. The van der Waals surface area contributed by atoms with Gasteiger partial charge in [0.1, 0.15) is 5.82 Å². The maximum atomic E-state index is 12.7. The van der Waals surface area contributed by atoms with Crippen molar-refractivity contribution in [2.45, 2.75) is 26.4 Å². The number of nitrogens with zero attached hydrogens (tertiary/aromatic N) is 4. The molecule has 7 heteroatoms. The van der Waals surface area contributed by atoms with Gasteiger partial charge in [-0.15, -0.1) is 21.5 Å². The summed E-state index contributed by atoms with van der Waals surface area (Å²) in [6, 6.07) is 13.9. The van der Waals surface area contributed by atoms with Crippen LogP contribution < -0.4 is 5.32 Å². The average molecular weight is 394 g/mol. The molecule has 0 saturated carbocycles. The number of carbonyl (C=O) groups excluding carboxylic acids is 1. The lowest BCUT2D eigenvalue weighted by Crippen LogP contribution is -2.31. The highest BCUT2D eigenvalue weighted by Crippen LogP contribution is 2.34. The minimum atomic E-state index is -0.188. The van der Waals surface area contributed by atoms with E-state index in [1.807, 2.05) is 46.2 Å². The van der Waals surface area contributed by atoms with Gasteiger partial charge in [0, 0.05) is 48.0 Å². The number of hydrogen-bond acceptors (Lipinski definition) is 5. The third kappa shape index (κ3) is 3.36.